The molecule has 0 N–H and O–H groups in total. The predicted octanol–water partition coefficient (Wildman–Crippen LogP) is 1.45. The van der Waals surface area contributed by atoms with E-state index < -0.39 is 0 Å². The Kier molecular flexibility index (Phi) is 1.38. The molecule has 0 saturated heterocycles. The summed E-state index contributed by atoms with van der Waals surface area (Å²) in [5.41, 5.74) is 0. The van der Waals surface area contributed by atoms with Crippen LogP contribution < -0.4 is 0 Å². The number of hydrogen-bond acceptors (Lipinski definition) is 2. The van der Waals surface area contributed by atoms with Gasteiger partial charge in [-0.1, -0.05) is 11.8 Å². The Morgan fingerprint density at radius 1 is 1.71 bits per heavy atom. The lowest BCUT2D eigenvalue weighted by Crippen LogP contribution is -1.88. The molecule has 0 aromatic heterocycles. The highest BCUT2D eigenvalue weighted by atomic mass is 32.2. The molecular formula is C5H7OS. The minimum absolute atomic E-state index is 0.264. The third-order valence-electron chi connectivity index (χ3n) is 1.05. The number of thioether (sulfide) groups is 1. The van der Waals surface area contributed by atoms with E-state index in [0.717, 1.165) is 24.6 Å². The Labute approximate surface area is 47.5 Å². The first-order valence-electron chi connectivity index (χ1n) is 2.30. The van der Waals surface area contributed by atoms with Crippen molar-refractivity contribution in [2.45, 2.75) is 12.8 Å². The molecule has 0 unspecified atom stereocenters. The van der Waals surface area contributed by atoms with Crippen LogP contribution in [0.1, 0.15) is 12.8 Å². The van der Waals surface area contributed by atoms with Crippen molar-refractivity contribution in [3.05, 3.63) is 6.26 Å². The fourth-order valence-electron chi connectivity index (χ4n) is 0.437. The van der Waals surface area contributed by atoms with Crippen LogP contribution in [0.5, 0.6) is 0 Å². The van der Waals surface area contributed by atoms with Gasteiger partial charge in [0, 0.05) is 12.2 Å². The molecule has 39 valence electrons. The van der Waals surface area contributed by atoms with E-state index in [1.165, 1.54) is 0 Å². The van der Waals surface area contributed by atoms with Crippen molar-refractivity contribution >= 4 is 16.9 Å². The van der Waals surface area contributed by atoms with Gasteiger partial charge in [0.2, 0.25) is 0 Å². The number of carbonyl (C=O) groups excluding carboxylic acids is 1. The molecule has 0 spiro atoms. The summed E-state index contributed by atoms with van der Waals surface area (Å²) < 4.78 is 0. The highest BCUT2D eigenvalue weighted by Crippen LogP contribution is 2.33. The van der Waals surface area contributed by atoms with Crippen molar-refractivity contribution < 1.29 is 4.79 Å². The summed E-state index contributed by atoms with van der Waals surface area (Å²) in [4.78, 5) is 10.5. The monoisotopic (exact) mass is 115 g/mol. The summed E-state index contributed by atoms with van der Waals surface area (Å²) in [6, 6.07) is 0. The molecule has 2 heteroatoms. The van der Waals surface area contributed by atoms with Crippen LogP contribution >= 0.6 is 11.8 Å². The minimum Gasteiger partial charge on any atom is -0.287 e. The number of rotatable bonds is 1. The van der Waals surface area contributed by atoms with Gasteiger partial charge in [-0.3, -0.25) is 4.79 Å². The molecule has 0 bridgehead atoms. The van der Waals surface area contributed by atoms with Gasteiger partial charge in [-0.25, -0.2) is 0 Å². The molecule has 0 aromatic rings. The topological polar surface area (TPSA) is 17.1 Å². The van der Waals surface area contributed by atoms with Crippen LogP contribution in [0, 0.1) is 12.2 Å². The molecule has 1 rings (SSSR count). The second-order valence-electron chi connectivity index (χ2n) is 1.74. The van der Waals surface area contributed by atoms with E-state index in [1.807, 2.05) is 0 Å². The smallest absolute Gasteiger partial charge is 0.192 e. The van der Waals surface area contributed by atoms with Gasteiger partial charge >= 0.3 is 0 Å². The van der Waals surface area contributed by atoms with Crippen LogP contribution in [-0.4, -0.2) is 5.12 Å². The van der Waals surface area contributed by atoms with Gasteiger partial charge in [-0.2, -0.15) is 0 Å². The Hall–Kier alpha value is 0.0200. The SMILES string of the molecule is [CH2]SC(=O)C1CC1. The van der Waals surface area contributed by atoms with Crippen LogP contribution in [0.2, 0.25) is 0 Å². The first kappa shape index (κ1) is 5.16. The lowest BCUT2D eigenvalue weighted by atomic mass is 10.5. The Balaban J connectivity index is 2.24. The highest BCUT2D eigenvalue weighted by molar-refractivity contribution is 8.14. The number of carbonyl (C=O) groups is 1. The standard InChI is InChI=1S/C5H7OS/c1-7-5(6)4-2-3-4/h4H,1-3H2. The van der Waals surface area contributed by atoms with Crippen molar-refractivity contribution in [1.82, 2.24) is 0 Å². The summed E-state index contributed by atoms with van der Waals surface area (Å²) in [6.45, 7) is 0. The maximum absolute atomic E-state index is 10.5. The van der Waals surface area contributed by atoms with E-state index in [2.05, 4.69) is 6.26 Å². The number of hydrogen-bond donors (Lipinski definition) is 0. The lowest BCUT2D eigenvalue weighted by molar-refractivity contribution is -0.111. The van der Waals surface area contributed by atoms with Crippen LogP contribution in [0.4, 0.5) is 0 Å². The quantitative estimate of drug-likeness (QED) is 0.514. The molecule has 7 heavy (non-hydrogen) atoms. The molecule has 1 saturated carbocycles. The van der Waals surface area contributed by atoms with Gasteiger partial charge in [0.25, 0.3) is 0 Å². The normalized spacial score (nSPS) is 19.6. The molecule has 1 fully saturated rings. The summed E-state index contributed by atoms with van der Waals surface area (Å²) in [6.07, 6.45) is 5.61. The maximum Gasteiger partial charge on any atom is 0.192 e. The molecular weight excluding hydrogens is 108 g/mol. The second-order valence-corrected chi connectivity index (χ2v) is 2.43. The zero-order chi connectivity index (χ0) is 5.28. The predicted molar refractivity (Wildman–Crippen MR) is 30.7 cm³/mol. The molecule has 1 nitrogen and oxygen atoms in total. The molecule has 0 aromatic carbocycles. The molecule has 1 radical (unpaired) electrons. The van der Waals surface area contributed by atoms with E-state index in [0.29, 0.717) is 5.92 Å². The second kappa shape index (κ2) is 1.86. The van der Waals surface area contributed by atoms with Gasteiger partial charge in [0.05, 0.1) is 0 Å². The van der Waals surface area contributed by atoms with Crippen molar-refractivity contribution in [2.24, 2.45) is 5.92 Å². The third kappa shape index (κ3) is 1.20. The van der Waals surface area contributed by atoms with Gasteiger partial charge in [0.15, 0.2) is 5.12 Å². The maximum atomic E-state index is 10.5. The highest BCUT2D eigenvalue weighted by Gasteiger charge is 2.28. The fourth-order valence-corrected chi connectivity index (χ4v) is 0.908. The minimum atomic E-state index is 0.264. The van der Waals surface area contributed by atoms with E-state index in [1.54, 1.807) is 0 Å². The molecule has 0 atom stereocenters. The van der Waals surface area contributed by atoms with Gasteiger partial charge < -0.3 is 0 Å². The fraction of sp³-hybridized carbons (Fsp3) is 0.600. The Morgan fingerprint density at radius 2 is 2.29 bits per heavy atom. The summed E-state index contributed by atoms with van der Waals surface area (Å²) in [5.74, 6) is 0.377. The summed E-state index contributed by atoms with van der Waals surface area (Å²) in [7, 11) is 0. The van der Waals surface area contributed by atoms with E-state index in [4.69, 9.17) is 0 Å². The average Bonchev–Trinajstić information content (AvgIpc) is 2.44. The summed E-state index contributed by atoms with van der Waals surface area (Å²) >= 11 is 1.11. The van der Waals surface area contributed by atoms with Crippen LogP contribution in [-0.2, 0) is 4.79 Å². The van der Waals surface area contributed by atoms with E-state index in [-0.39, 0.29) is 5.12 Å². The molecule has 1 aliphatic rings. The van der Waals surface area contributed by atoms with Crippen LogP contribution in [0.15, 0.2) is 0 Å². The molecule has 1 aliphatic carbocycles. The van der Waals surface area contributed by atoms with Crippen molar-refractivity contribution in [1.29, 1.82) is 0 Å². The summed E-state index contributed by atoms with van der Waals surface area (Å²) in [5, 5.41) is 0.264. The molecule has 0 aliphatic heterocycles. The van der Waals surface area contributed by atoms with E-state index in [9.17, 15) is 4.79 Å². The van der Waals surface area contributed by atoms with Crippen molar-refractivity contribution in [3.63, 3.8) is 0 Å². The van der Waals surface area contributed by atoms with Crippen LogP contribution in [0.3, 0.4) is 0 Å². The third-order valence-corrected chi connectivity index (χ3v) is 1.67. The molecule has 0 heterocycles. The zero-order valence-corrected chi connectivity index (χ0v) is 4.83. The molecule has 0 amide bonds. The van der Waals surface area contributed by atoms with Crippen molar-refractivity contribution in [3.8, 4) is 0 Å². The van der Waals surface area contributed by atoms with Gasteiger partial charge in [-0.15, -0.1) is 0 Å². The lowest BCUT2D eigenvalue weighted by Gasteiger charge is -1.83. The Bertz CT molecular complexity index is 86.1. The average molecular weight is 115 g/mol. The van der Waals surface area contributed by atoms with Gasteiger partial charge in [0.1, 0.15) is 0 Å². The van der Waals surface area contributed by atoms with Crippen LogP contribution in [0.25, 0.3) is 0 Å². The first-order valence-corrected chi connectivity index (χ1v) is 3.29. The van der Waals surface area contributed by atoms with Gasteiger partial charge in [-0.05, 0) is 12.8 Å². The Morgan fingerprint density at radius 3 is 2.43 bits per heavy atom. The van der Waals surface area contributed by atoms with Crippen molar-refractivity contribution in [2.75, 3.05) is 0 Å². The largest absolute Gasteiger partial charge is 0.287 e. The van der Waals surface area contributed by atoms with E-state index >= 15 is 0 Å². The zero-order valence-electron chi connectivity index (χ0n) is 4.02. The first-order chi connectivity index (χ1) is 3.34.